The van der Waals surface area contributed by atoms with E-state index in [4.69, 9.17) is 20.0 Å². The Morgan fingerprint density at radius 1 is 0.970 bits per heavy atom. The highest BCUT2D eigenvalue weighted by Crippen LogP contribution is 2.34. The number of aromatic nitrogens is 2. The van der Waals surface area contributed by atoms with Crippen LogP contribution in [-0.4, -0.2) is 57.2 Å². The summed E-state index contributed by atoms with van der Waals surface area (Å²) in [7, 11) is 4.66. The third-order valence-electron chi connectivity index (χ3n) is 6.06. The van der Waals surface area contributed by atoms with Crippen LogP contribution >= 0.6 is 11.3 Å². The van der Waals surface area contributed by atoms with Gasteiger partial charge in [0.25, 0.3) is 0 Å². The summed E-state index contributed by atoms with van der Waals surface area (Å²) in [6.45, 7) is 3.27. The molecular weight excluding hydrogens is 442 g/mol. The summed E-state index contributed by atoms with van der Waals surface area (Å²) in [6.07, 6.45) is 1.83. The third kappa shape index (κ3) is 3.46. The molecule has 0 bridgehead atoms. The molecule has 0 unspecified atom stereocenters. The zero-order chi connectivity index (χ0) is 23.1. The van der Waals surface area contributed by atoms with Crippen molar-refractivity contribution >= 4 is 49.6 Å². The van der Waals surface area contributed by atoms with Gasteiger partial charge in [-0.3, -0.25) is 4.79 Å². The lowest BCUT2D eigenvalue weighted by atomic mass is 10.1. The number of piperazine rings is 1. The highest BCUT2D eigenvalue weighted by Gasteiger charge is 2.23. The normalized spacial score (nSPS) is 14.2. The van der Waals surface area contributed by atoms with Crippen LogP contribution in [0.2, 0.25) is 0 Å². The number of nitrogens with two attached hydrogens (primary N) is 1. The fourth-order valence-electron chi connectivity index (χ4n) is 4.43. The first-order valence-electron chi connectivity index (χ1n) is 10.5. The smallest absolute Gasteiger partial charge is 0.201 e. The molecule has 0 amide bonds. The van der Waals surface area contributed by atoms with Crippen molar-refractivity contribution in [2.75, 3.05) is 63.0 Å². The number of methoxy groups -OCH3 is 2. The molecule has 2 N–H and O–H groups in total. The molecule has 1 saturated heterocycles. The molecule has 5 rings (SSSR count). The van der Waals surface area contributed by atoms with E-state index in [9.17, 15) is 4.79 Å². The monoisotopic (exact) mass is 467 g/mol. The van der Waals surface area contributed by atoms with E-state index in [-0.39, 0.29) is 5.43 Å². The van der Waals surface area contributed by atoms with E-state index in [1.165, 1.54) is 7.11 Å². The van der Waals surface area contributed by atoms with Crippen molar-refractivity contribution in [3.05, 3.63) is 46.1 Å². The first kappa shape index (κ1) is 21.2. The number of anilines is 3. The molecule has 0 atom stereocenters. The molecule has 1 fully saturated rings. The average Bonchev–Trinajstić information content (AvgIpc) is 3.39. The average molecular weight is 468 g/mol. The van der Waals surface area contributed by atoms with E-state index in [0.29, 0.717) is 39.0 Å². The van der Waals surface area contributed by atoms with Crippen LogP contribution in [0.25, 0.3) is 21.8 Å². The number of thiazole rings is 1. The Kier molecular flexibility index (Phi) is 5.37. The minimum Gasteiger partial charge on any atom is -0.497 e. The SMILES string of the molecule is COc1cc(OC)c2c(=O)c3cc(N)c(N4CCN(c5nccs5)CC4)cc3n(OC)c2c1. The second-order valence-electron chi connectivity index (χ2n) is 7.75. The third-order valence-corrected chi connectivity index (χ3v) is 6.89. The quantitative estimate of drug-likeness (QED) is 0.354. The molecule has 1 aliphatic rings. The Labute approximate surface area is 194 Å². The van der Waals surface area contributed by atoms with Crippen molar-refractivity contribution in [3.63, 3.8) is 0 Å². The summed E-state index contributed by atoms with van der Waals surface area (Å²) in [6, 6.07) is 7.12. The Hall–Kier alpha value is -3.66. The number of rotatable bonds is 5. The summed E-state index contributed by atoms with van der Waals surface area (Å²) in [4.78, 5) is 28.1. The van der Waals surface area contributed by atoms with E-state index < -0.39 is 0 Å². The zero-order valence-electron chi connectivity index (χ0n) is 18.7. The Morgan fingerprint density at radius 2 is 1.73 bits per heavy atom. The van der Waals surface area contributed by atoms with Gasteiger partial charge in [-0.2, -0.15) is 4.73 Å². The van der Waals surface area contributed by atoms with Crippen molar-refractivity contribution in [1.82, 2.24) is 9.71 Å². The lowest BCUT2D eigenvalue weighted by Gasteiger charge is -2.36. The second kappa shape index (κ2) is 8.36. The second-order valence-corrected chi connectivity index (χ2v) is 8.62. The molecule has 1 aliphatic heterocycles. The van der Waals surface area contributed by atoms with Crippen LogP contribution in [0.3, 0.4) is 0 Å². The van der Waals surface area contributed by atoms with Crippen LogP contribution in [0.15, 0.2) is 40.6 Å². The van der Waals surface area contributed by atoms with Crippen molar-refractivity contribution < 1.29 is 14.3 Å². The number of pyridine rings is 1. The van der Waals surface area contributed by atoms with Gasteiger partial charge in [0, 0.05) is 49.9 Å². The summed E-state index contributed by atoms with van der Waals surface area (Å²) >= 11 is 1.64. The van der Waals surface area contributed by atoms with Crippen LogP contribution in [0.5, 0.6) is 11.5 Å². The number of fused-ring (bicyclic) bond motifs is 2. The number of nitrogens with zero attached hydrogens (tertiary/aromatic N) is 4. The Bertz CT molecular complexity index is 1380. The maximum absolute atomic E-state index is 13.5. The van der Waals surface area contributed by atoms with Crippen LogP contribution in [0, 0.1) is 0 Å². The number of hydrogen-bond donors (Lipinski definition) is 1. The fourth-order valence-corrected chi connectivity index (χ4v) is 5.13. The molecule has 0 saturated carbocycles. The molecule has 4 aromatic rings. The Morgan fingerprint density at radius 3 is 2.36 bits per heavy atom. The maximum atomic E-state index is 13.5. The molecule has 0 radical (unpaired) electrons. The molecule has 0 spiro atoms. The van der Waals surface area contributed by atoms with Gasteiger partial charge in [-0.1, -0.05) is 0 Å². The molecule has 10 heteroatoms. The lowest BCUT2D eigenvalue weighted by Crippen LogP contribution is -2.46. The maximum Gasteiger partial charge on any atom is 0.201 e. The van der Waals surface area contributed by atoms with Crippen molar-refractivity contribution in [2.24, 2.45) is 0 Å². The summed E-state index contributed by atoms with van der Waals surface area (Å²) in [5.74, 6) is 0.987. The molecule has 0 aliphatic carbocycles. The minimum absolute atomic E-state index is 0.167. The van der Waals surface area contributed by atoms with E-state index >= 15 is 0 Å². The summed E-state index contributed by atoms with van der Waals surface area (Å²) in [5, 5.41) is 3.90. The number of benzene rings is 2. The van der Waals surface area contributed by atoms with Crippen molar-refractivity contribution in [3.8, 4) is 11.5 Å². The molecule has 9 nitrogen and oxygen atoms in total. The summed E-state index contributed by atoms with van der Waals surface area (Å²) in [5.41, 5.74) is 8.92. The molecular formula is C23H25N5O4S. The number of hydrogen-bond acceptors (Lipinski definition) is 9. The van der Waals surface area contributed by atoms with Gasteiger partial charge in [-0.05, 0) is 12.1 Å². The topological polar surface area (TPSA) is 95.1 Å². The van der Waals surface area contributed by atoms with E-state index in [1.807, 2.05) is 17.6 Å². The van der Waals surface area contributed by atoms with E-state index in [1.54, 1.807) is 48.5 Å². The first-order chi connectivity index (χ1) is 16.0. The number of nitrogen functional groups attached to an aromatic ring is 1. The molecule has 2 aromatic carbocycles. The van der Waals surface area contributed by atoms with Gasteiger partial charge in [0.2, 0.25) is 5.43 Å². The van der Waals surface area contributed by atoms with E-state index in [0.717, 1.165) is 37.0 Å². The Balaban J connectivity index is 1.63. The molecule has 2 aromatic heterocycles. The largest absolute Gasteiger partial charge is 0.497 e. The fraction of sp³-hybridized carbons (Fsp3) is 0.304. The molecule has 3 heterocycles. The van der Waals surface area contributed by atoms with Crippen LogP contribution < -0.4 is 35.3 Å². The van der Waals surface area contributed by atoms with Gasteiger partial charge in [-0.25, -0.2) is 4.98 Å². The van der Waals surface area contributed by atoms with E-state index in [2.05, 4.69) is 14.8 Å². The predicted octanol–water partition coefficient (Wildman–Crippen LogP) is 2.60. The van der Waals surface area contributed by atoms with Gasteiger partial charge in [0.15, 0.2) is 5.13 Å². The molecule has 33 heavy (non-hydrogen) atoms. The van der Waals surface area contributed by atoms with Gasteiger partial charge in [0.05, 0.1) is 47.4 Å². The van der Waals surface area contributed by atoms with Crippen LogP contribution in [0.4, 0.5) is 16.5 Å². The minimum atomic E-state index is -0.167. The van der Waals surface area contributed by atoms with Gasteiger partial charge in [0.1, 0.15) is 18.6 Å². The first-order valence-corrected chi connectivity index (χ1v) is 11.4. The highest BCUT2D eigenvalue weighted by molar-refractivity contribution is 7.13. The predicted molar refractivity (Wildman–Crippen MR) is 132 cm³/mol. The summed E-state index contributed by atoms with van der Waals surface area (Å²) < 4.78 is 12.5. The lowest BCUT2D eigenvalue weighted by molar-refractivity contribution is 0.189. The van der Waals surface area contributed by atoms with Crippen LogP contribution in [-0.2, 0) is 0 Å². The standard InChI is InChI=1S/C23H25N5O4S/c1-30-14-10-19-21(20(11-14)31-2)22(29)15-12-16(24)18(13-17(15)28(19)32-3)26-5-7-27(8-6-26)23-25-4-9-33-23/h4,9-13H,5-8,24H2,1-3H3. The van der Waals surface area contributed by atoms with Crippen molar-refractivity contribution in [1.29, 1.82) is 0 Å². The van der Waals surface area contributed by atoms with Crippen molar-refractivity contribution in [2.45, 2.75) is 0 Å². The number of ether oxygens (including phenoxy) is 2. The van der Waals surface area contributed by atoms with Gasteiger partial charge >= 0.3 is 0 Å². The highest BCUT2D eigenvalue weighted by atomic mass is 32.1. The molecule has 172 valence electrons. The van der Waals surface area contributed by atoms with Crippen LogP contribution in [0.1, 0.15) is 0 Å². The zero-order valence-corrected chi connectivity index (χ0v) is 19.5. The van der Waals surface area contributed by atoms with Gasteiger partial charge < -0.3 is 29.8 Å². The van der Waals surface area contributed by atoms with Gasteiger partial charge in [-0.15, -0.1) is 11.3 Å².